The molecule has 210 valence electrons. The van der Waals surface area contributed by atoms with Crippen LogP contribution in [0.2, 0.25) is 5.02 Å². The highest BCUT2D eigenvalue weighted by molar-refractivity contribution is 6.34. The van der Waals surface area contributed by atoms with Gasteiger partial charge < -0.3 is 20.1 Å². The number of amides is 3. The third kappa shape index (κ3) is 5.89. The number of nitrogens with zero attached hydrogens (tertiary/aromatic N) is 5. The molecule has 4 aromatic rings. The maximum atomic E-state index is 13.7. The molecule has 0 bridgehead atoms. The largest absolute Gasteiger partial charge is 0.417 e. The third-order valence-corrected chi connectivity index (χ3v) is 6.73. The van der Waals surface area contributed by atoms with Crippen molar-refractivity contribution in [3.05, 3.63) is 100 Å². The van der Waals surface area contributed by atoms with Gasteiger partial charge in [0, 0.05) is 38.1 Å². The van der Waals surface area contributed by atoms with E-state index in [0.29, 0.717) is 17.5 Å². The van der Waals surface area contributed by atoms with E-state index in [9.17, 15) is 27.6 Å². The Balaban J connectivity index is 1.39. The first kappa shape index (κ1) is 27.8. The van der Waals surface area contributed by atoms with Crippen LogP contribution in [0.5, 0.6) is 0 Å². The Morgan fingerprint density at radius 1 is 1.10 bits per heavy atom. The van der Waals surface area contributed by atoms with Gasteiger partial charge in [0.2, 0.25) is 5.91 Å². The van der Waals surface area contributed by atoms with Gasteiger partial charge in [-0.25, -0.2) is 9.97 Å². The monoisotopic (exact) mass is 583 g/mol. The van der Waals surface area contributed by atoms with Crippen molar-refractivity contribution < 1.29 is 27.6 Å². The van der Waals surface area contributed by atoms with Crippen molar-refractivity contribution in [3.63, 3.8) is 0 Å². The smallest absolute Gasteiger partial charge is 0.328 e. The zero-order valence-electron chi connectivity index (χ0n) is 21.3. The quantitative estimate of drug-likeness (QED) is 0.348. The summed E-state index contributed by atoms with van der Waals surface area (Å²) in [5, 5.41) is 5.16. The van der Waals surface area contributed by atoms with Gasteiger partial charge in [-0.3, -0.25) is 19.4 Å². The molecule has 1 aliphatic rings. The number of hydrogen-bond acceptors (Lipinski definition) is 6. The van der Waals surface area contributed by atoms with Crippen LogP contribution in [0, 0.1) is 0 Å². The van der Waals surface area contributed by atoms with Crippen LogP contribution in [0.1, 0.15) is 37.7 Å². The Kier molecular flexibility index (Phi) is 7.45. The number of carbonyl (C=O) groups is 3. The first-order chi connectivity index (χ1) is 19.5. The van der Waals surface area contributed by atoms with E-state index in [2.05, 4.69) is 25.6 Å². The zero-order chi connectivity index (χ0) is 29.3. The van der Waals surface area contributed by atoms with E-state index < -0.39 is 35.5 Å². The van der Waals surface area contributed by atoms with Gasteiger partial charge in [-0.05, 0) is 42.0 Å². The zero-order valence-corrected chi connectivity index (χ0v) is 22.1. The van der Waals surface area contributed by atoms with Crippen LogP contribution in [0.25, 0.3) is 0 Å². The molecule has 14 heteroatoms. The van der Waals surface area contributed by atoms with Gasteiger partial charge in [-0.1, -0.05) is 23.7 Å². The average molecular weight is 584 g/mol. The van der Waals surface area contributed by atoms with Crippen LogP contribution in [0.15, 0.2) is 67.3 Å². The van der Waals surface area contributed by atoms with Gasteiger partial charge in [-0.15, -0.1) is 0 Å². The molecule has 0 radical (unpaired) electrons. The lowest BCUT2D eigenvalue weighted by atomic mass is 10.1. The Bertz CT molecular complexity index is 1630. The Morgan fingerprint density at radius 3 is 2.56 bits per heavy atom. The molecule has 1 aromatic carbocycles. The molecular formula is C27H21ClF3N7O3. The van der Waals surface area contributed by atoms with Crippen molar-refractivity contribution in [1.82, 2.24) is 24.4 Å². The van der Waals surface area contributed by atoms with Crippen LogP contribution in [-0.2, 0) is 31.0 Å². The highest BCUT2D eigenvalue weighted by atomic mass is 35.5. The van der Waals surface area contributed by atoms with Crippen molar-refractivity contribution in [2.24, 2.45) is 7.05 Å². The minimum Gasteiger partial charge on any atom is -0.328 e. The molecule has 0 fully saturated rings. The predicted octanol–water partition coefficient (Wildman–Crippen LogP) is 4.34. The topological polar surface area (TPSA) is 122 Å². The van der Waals surface area contributed by atoms with Crippen LogP contribution < -0.4 is 10.6 Å². The minimum atomic E-state index is -4.56. The summed E-state index contributed by atoms with van der Waals surface area (Å²) in [5.74, 6) is -1.50. The normalized spacial score (nSPS) is 15.2. The van der Waals surface area contributed by atoms with Gasteiger partial charge in [0.15, 0.2) is 11.5 Å². The first-order valence-corrected chi connectivity index (χ1v) is 12.5. The number of carbonyl (C=O) groups excluding carboxylic acids is 3. The molecule has 41 heavy (non-hydrogen) atoms. The fourth-order valence-electron chi connectivity index (χ4n) is 4.35. The highest BCUT2D eigenvalue weighted by Gasteiger charge is 2.38. The number of halogens is 4. The van der Waals surface area contributed by atoms with Crippen LogP contribution in [-0.4, -0.2) is 48.2 Å². The van der Waals surface area contributed by atoms with Gasteiger partial charge >= 0.3 is 6.18 Å². The molecule has 1 atom stereocenters. The van der Waals surface area contributed by atoms with Gasteiger partial charge in [0.25, 0.3) is 11.8 Å². The van der Waals surface area contributed by atoms with E-state index in [1.165, 1.54) is 27.9 Å². The molecule has 3 aromatic heterocycles. The van der Waals surface area contributed by atoms with Crippen molar-refractivity contribution in [2.75, 3.05) is 10.6 Å². The summed E-state index contributed by atoms with van der Waals surface area (Å²) in [6.45, 7) is -0.0313. The molecule has 0 saturated heterocycles. The second-order valence-corrected chi connectivity index (χ2v) is 9.62. The number of nitrogens with one attached hydrogen (secondary N) is 2. The van der Waals surface area contributed by atoms with E-state index in [4.69, 9.17) is 11.6 Å². The maximum Gasteiger partial charge on any atom is 0.417 e. The number of alkyl halides is 3. The number of hydrogen-bond donors (Lipinski definition) is 2. The SMILES string of the molecule is Cn1cnc2c1C(=O)N(Cc1ccc(C(=O)Nc3ccc(C(F)(F)F)cn3)c(Cl)c1)C(Cc1ccccn1)C(=O)N2. The van der Waals surface area contributed by atoms with E-state index >= 15 is 0 Å². The second-order valence-electron chi connectivity index (χ2n) is 9.21. The lowest BCUT2D eigenvalue weighted by Gasteiger charge is -2.29. The van der Waals surface area contributed by atoms with Crippen molar-refractivity contribution in [3.8, 4) is 0 Å². The molecule has 1 aliphatic heterocycles. The van der Waals surface area contributed by atoms with Gasteiger partial charge in [0.1, 0.15) is 11.9 Å². The number of imidazole rings is 1. The standard InChI is InChI=1S/C27H21ClF3N7O3/c1-37-14-34-23-22(37)26(41)38(20(25(40)36-23)11-17-4-2-3-9-32-17)13-15-5-7-18(19(28)10-15)24(39)35-21-8-6-16(12-33-21)27(29,30)31/h2-10,12,14,20H,11,13H2,1H3,(H,36,40)(H,33,35,39). The van der Waals surface area contributed by atoms with E-state index in [1.807, 2.05) is 0 Å². The fourth-order valence-corrected chi connectivity index (χ4v) is 4.64. The minimum absolute atomic E-state index is 0.0288. The van der Waals surface area contributed by atoms with Crippen molar-refractivity contribution in [2.45, 2.75) is 25.2 Å². The van der Waals surface area contributed by atoms with E-state index in [1.54, 1.807) is 37.5 Å². The van der Waals surface area contributed by atoms with Gasteiger partial charge in [-0.2, -0.15) is 13.2 Å². The molecule has 1 unspecified atom stereocenters. The number of aromatic nitrogens is 4. The number of anilines is 2. The number of aryl methyl sites for hydroxylation is 1. The molecule has 0 aliphatic carbocycles. The Morgan fingerprint density at radius 2 is 1.90 bits per heavy atom. The molecule has 0 spiro atoms. The summed E-state index contributed by atoms with van der Waals surface area (Å²) in [6.07, 6.45) is -0.782. The Hall–Kier alpha value is -4.78. The summed E-state index contributed by atoms with van der Waals surface area (Å²) < 4.78 is 39.9. The molecule has 0 saturated carbocycles. The molecule has 10 nitrogen and oxygen atoms in total. The molecular weight excluding hydrogens is 563 g/mol. The first-order valence-electron chi connectivity index (χ1n) is 12.2. The second kappa shape index (κ2) is 11.0. The van der Waals surface area contributed by atoms with E-state index in [0.717, 1.165) is 12.1 Å². The number of rotatable bonds is 6. The summed E-state index contributed by atoms with van der Waals surface area (Å²) in [5.41, 5.74) is 0.418. The lowest BCUT2D eigenvalue weighted by Crippen LogP contribution is -2.46. The number of pyridine rings is 2. The molecule has 5 rings (SSSR count). The van der Waals surface area contributed by atoms with Gasteiger partial charge in [0.05, 0.1) is 22.5 Å². The molecule has 3 amide bonds. The number of fused-ring (bicyclic) bond motifs is 1. The predicted molar refractivity (Wildman–Crippen MR) is 142 cm³/mol. The fraction of sp³-hybridized carbons (Fsp3) is 0.185. The summed E-state index contributed by atoms with van der Waals surface area (Å²) >= 11 is 6.41. The lowest BCUT2D eigenvalue weighted by molar-refractivity contribution is -0.137. The molecule has 2 N–H and O–H groups in total. The highest BCUT2D eigenvalue weighted by Crippen LogP contribution is 2.30. The van der Waals surface area contributed by atoms with Crippen LogP contribution in [0.4, 0.5) is 24.8 Å². The molecule has 4 heterocycles. The third-order valence-electron chi connectivity index (χ3n) is 6.41. The van der Waals surface area contributed by atoms with E-state index in [-0.39, 0.29) is 40.9 Å². The Labute approximate surface area is 236 Å². The van der Waals surface area contributed by atoms with Crippen LogP contribution in [0.3, 0.4) is 0 Å². The average Bonchev–Trinajstić information content (AvgIpc) is 3.25. The maximum absolute atomic E-state index is 13.7. The van der Waals surface area contributed by atoms with Crippen LogP contribution >= 0.6 is 11.6 Å². The van der Waals surface area contributed by atoms with Crippen molar-refractivity contribution in [1.29, 1.82) is 0 Å². The summed E-state index contributed by atoms with van der Waals surface area (Å²) in [4.78, 5) is 53.2. The number of benzene rings is 1. The summed E-state index contributed by atoms with van der Waals surface area (Å²) in [7, 11) is 1.64. The summed E-state index contributed by atoms with van der Waals surface area (Å²) in [6, 6.07) is 10.7. The van der Waals surface area contributed by atoms with Crippen molar-refractivity contribution >= 4 is 41.0 Å².